The Kier molecular flexibility index (Phi) is 3.09. The van der Waals surface area contributed by atoms with E-state index in [0.29, 0.717) is 5.52 Å². The maximum Gasteiger partial charge on any atom is 0.416 e. The Bertz CT molecular complexity index is 877. The van der Waals surface area contributed by atoms with E-state index >= 15 is 0 Å². The number of rotatable bonds is 1. The number of nitrogens with zero attached hydrogens (tertiary/aromatic N) is 1. The number of aromatic nitrogens is 2. The smallest absolute Gasteiger partial charge is 0.330 e. The third-order valence-corrected chi connectivity index (χ3v) is 3.39. The highest BCUT2D eigenvalue weighted by Gasteiger charge is 2.30. The number of benzene rings is 2. The number of hydrogen-bond donors (Lipinski definition) is 1. The van der Waals surface area contributed by atoms with Crippen molar-refractivity contribution >= 4 is 23.3 Å². The van der Waals surface area contributed by atoms with Crippen molar-refractivity contribution in [3.8, 4) is 5.69 Å². The summed E-state index contributed by atoms with van der Waals surface area (Å²) in [7, 11) is 0. The molecule has 0 aliphatic carbocycles. The van der Waals surface area contributed by atoms with Crippen LogP contribution in [0.3, 0.4) is 0 Å². The van der Waals surface area contributed by atoms with Gasteiger partial charge in [0.25, 0.3) is 0 Å². The Morgan fingerprint density at radius 2 is 1.76 bits per heavy atom. The first-order valence-corrected chi connectivity index (χ1v) is 6.35. The van der Waals surface area contributed by atoms with Crippen molar-refractivity contribution < 1.29 is 17.6 Å². The van der Waals surface area contributed by atoms with Crippen molar-refractivity contribution in [1.82, 2.24) is 9.55 Å². The first-order valence-electron chi connectivity index (χ1n) is 5.95. The quantitative estimate of drug-likeness (QED) is 0.503. The van der Waals surface area contributed by atoms with Crippen LogP contribution in [0.1, 0.15) is 5.56 Å². The van der Waals surface area contributed by atoms with Crippen molar-refractivity contribution in [2.24, 2.45) is 0 Å². The van der Waals surface area contributed by atoms with Gasteiger partial charge in [0.2, 0.25) is 0 Å². The molecule has 2 aromatic carbocycles. The standard InChI is InChI=1S/C14H8F4N2S/c15-9-3-1-2-4-11(9)20-12-6-5-8(14(16,17)18)7-10(12)19-13(20)21/h1-7H,(H,19,21). The van der Waals surface area contributed by atoms with Crippen LogP contribution in [0.5, 0.6) is 0 Å². The molecule has 21 heavy (non-hydrogen) atoms. The monoisotopic (exact) mass is 312 g/mol. The van der Waals surface area contributed by atoms with Crippen LogP contribution in [0, 0.1) is 10.6 Å². The molecule has 3 aromatic rings. The lowest BCUT2D eigenvalue weighted by Crippen LogP contribution is -2.04. The summed E-state index contributed by atoms with van der Waals surface area (Å²) < 4.78 is 53.5. The predicted octanol–water partition coefficient (Wildman–Crippen LogP) is 4.85. The molecule has 0 unspecified atom stereocenters. The van der Waals surface area contributed by atoms with Gasteiger partial charge in [0, 0.05) is 0 Å². The molecule has 1 aromatic heterocycles. The van der Waals surface area contributed by atoms with E-state index in [1.54, 1.807) is 6.07 Å². The molecular weight excluding hydrogens is 304 g/mol. The highest BCUT2D eigenvalue weighted by Crippen LogP contribution is 2.32. The second-order valence-electron chi connectivity index (χ2n) is 4.45. The number of H-pyrrole nitrogens is 1. The summed E-state index contributed by atoms with van der Waals surface area (Å²) in [6.45, 7) is 0. The van der Waals surface area contributed by atoms with Crippen molar-refractivity contribution in [2.45, 2.75) is 6.18 Å². The molecule has 2 nitrogen and oxygen atoms in total. The maximum absolute atomic E-state index is 13.9. The molecular formula is C14H8F4N2S. The molecule has 0 spiro atoms. The SMILES string of the molecule is Fc1ccccc1-n1c(=S)[nH]c2cc(C(F)(F)F)ccc21. The number of halogens is 4. The first kappa shape index (κ1) is 13.8. The highest BCUT2D eigenvalue weighted by atomic mass is 32.1. The Morgan fingerprint density at radius 1 is 1.05 bits per heavy atom. The van der Waals surface area contributed by atoms with Gasteiger partial charge in [-0.15, -0.1) is 0 Å². The first-order chi connectivity index (χ1) is 9.88. The van der Waals surface area contributed by atoms with E-state index in [-0.39, 0.29) is 16.0 Å². The summed E-state index contributed by atoms with van der Waals surface area (Å²) in [5.41, 5.74) is -0.00313. The molecule has 1 heterocycles. The van der Waals surface area contributed by atoms with Gasteiger partial charge in [-0.25, -0.2) is 4.39 Å². The van der Waals surface area contributed by atoms with Crippen molar-refractivity contribution in [2.75, 3.05) is 0 Å². The topological polar surface area (TPSA) is 20.7 Å². The van der Waals surface area contributed by atoms with Crippen LogP contribution >= 0.6 is 12.2 Å². The highest BCUT2D eigenvalue weighted by molar-refractivity contribution is 7.71. The number of para-hydroxylation sites is 1. The molecule has 0 aliphatic rings. The van der Waals surface area contributed by atoms with Gasteiger partial charge in [0.1, 0.15) is 5.82 Å². The van der Waals surface area contributed by atoms with Gasteiger partial charge in [0.05, 0.1) is 22.3 Å². The molecule has 0 amide bonds. The molecule has 108 valence electrons. The van der Waals surface area contributed by atoms with Gasteiger partial charge >= 0.3 is 6.18 Å². The van der Waals surface area contributed by atoms with Crippen LogP contribution in [-0.4, -0.2) is 9.55 Å². The molecule has 0 saturated heterocycles. The van der Waals surface area contributed by atoms with Crippen LogP contribution in [0.4, 0.5) is 17.6 Å². The van der Waals surface area contributed by atoms with Crippen LogP contribution in [0.15, 0.2) is 42.5 Å². The van der Waals surface area contributed by atoms with Gasteiger partial charge < -0.3 is 4.98 Å². The lowest BCUT2D eigenvalue weighted by atomic mass is 10.2. The average molecular weight is 312 g/mol. The zero-order valence-corrected chi connectivity index (χ0v) is 11.2. The molecule has 1 N–H and O–H groups in total. The Hall–Kier alpha value is -2.15. The number of aromatic amines is 1. The van der Waals surface area contributed by atoms with Crippen molar-refractivity contribution in [3.63, 3.8) is 0 Å². The molecule has 7 heteroatoms. The number of alkyl halides is 3. The third-order valence-electron chi connectivity index (χ3n) is 3.10. The molecule has 0 radical (unpaired) electrons. The Morgan fingerprint density at radius 3 is 2.43 bits per heavy atom. The van der Waals surface area contributed by atoms with Gasteiger partial charge in [0.15, 0.2) is 4.77 Å². The summed E-state index contributed by atoms with van der Waals surface area (Å²) in [5.74, 6) is -0.505. The zero-order chi connectivity index (χ0) is 15.2. The molecule has 0 saturated carbocycles. The Labute approximate surface area is 121 Å². The normalized spacial score (nSPS) is 12.0. The summed E-state index contributed by atoms with van der Waals surface area (Å²) in [6.07, 6.45) is -4.44. The third kappa shape index (κ3) is 2.33. The molecule has 0 atom stereocenters. The predicted molar refractivity (Wildman–Crippen MR) is 73.4 cm³/mol. The maximum atomic E-state index is 13.9. The van der Waals surface area contributed by atoms with Crippen molar-refractivity contribution in [1.29, 1.82) is 0 Å². The minimum Gasteiger partial charge on any atom is -0.330 e. The fraction of sp³-hybridized carbons (Fsp3) is 0.0714. The number of nitrogens with one attached hydrogen (secondary N) is 1. The fourth-order valence-electron chi connectivity index (χ4n) is 2.16. The molecule has 0 fully saturated rings. The summed E-state index contributed by atoms with van der Waals surface area (Å²) in [4.78, 5) is 2.68. The minimum absolute atomic E-state index is 0.134. The van der Waals surface area contributed by atoms with Gasteiger partial charge in [-0.05, 0) is 42.5 Å². The molecule has 3 rings (SSSR count). The van der Waals surface area contributed by atoms with Gasteiger partial charge in [-0.1, -0.05) is 12.1 Å². The second kappa shape index (κ2) is 4.70. The summed E-state index contributed by atoms with van der Waals surface area (Å²) >= 11 is 5.09. The zero-order valence-electron chi connectivity index (χ0n) is 10.4. The van der Waals surface area contributed by atoms with E-state index < -0.39 is 17.6 Å². The lowest BCUT2D eigenvalue weighted by molar-refractivity contribution is -0.137. The molecule has 0 bridgehead atoms. The van der Waals surface area contributed by atoms with Crippen LogP contribution in [-0.2, 0) is 6.18 Å². The van der Waals surface area contributed by atoms with E-state index in [4.69, 9.17) is 12.2 Å². The largest absolute Gasteiger partial charge is 0.416 e. The number of fused-ring (bicyclic) bond motifs is 1. The number of hydrogen-bond acceptors (Lipinski definition) is 1. The lowest BCUT2D eigenvalue weighted by Gasteiger charge is -2.08. The summed E-state index contributed by atoms with van der Waals surface area (Å²) in [5, 5.41) is 0. The molecule has 0 aliphatic heterocycles. The van der Waals surface area contributed by atoms with Crippen molar-refractivity contribution in [3.05, 3.63) is 58.6 Å². The Balaban J connectivity index is 2.29. The van der Waals surface area contributed by atoms with Crippen LogP contribution in [0.2, 0.25) is 0 Å². The van der Waals surface area contributed by atoms with E-state index in [1.165, 1.54) is 28.8 Å². The van der Waals surface area contributed by atoms with E-state index in [9.17, 15) is 17.6 Å². The van der Waals surface area contributed by atoms with Crippen LogP contribution < -0.4 is 0 Å². The van der Waals surface area contributed by atoms with E-state index in [2.05, 4.69) is 4.98 Å². The summed E-state index contributed by atoms with van der Waals surface area (Å²) in [6, 6.07) is 9.11. The average Bonchev–Trinajstić information content (AvgIpc) is 2.73. The van der Waals surface area contributed by atoms with E-state index in [0.717, 1.165) is 12.1 Å². The van der Waals surface area contributed by atoms with Gasteiger partial charge in [-0.3, -0.25) is 4.57 Å². The van der Waals surface area contributed by atoms with Crippen LogP contribution in [0.25, 0.3) is 16.7 Å². The van der Waals surface area contributed by atoms with Gasteiger partial charge in [-0.2, -0.15) is 13.2 Å². The number of imidazole rings is 1. The van der Waals surface area contributed by atoms with E-state index in [1.807, 2.05) is 0 Å². The minimum atomic E-state index is -4.44. The second-order valence-corrected chi connectivity index (χ2v) is 4.83. The fourth-order valence-corrected chi connectivity index (χ4v) is 2.47.